The zero-order chi connectivity index (χ0) is 13.8. The summed E-state index contributed by atoms with van der Waals surface area (Å²) in [7, 11) is 0. The average Bonchev–Trinajstić information content (AvgIpc) is 2.39. The molecule has 1 aromatic rings. The van der Waals surface area contributed by atoms with E-state index in [1.807, 2.05) is 0 Å². The molecule has 1 unspecified atom stereocenters. The maximum absolute atomic E-state index is 11.1. The van der Waals surface area contributed by atoms with Crippen LogP contribution in [0.15, 0.2) is 24.3 Å². The summed E-state index contributed by atoms with van der Waals surface area (Å²) in [6.45, 7) is 6.99. The van der Waals surface area contributed by atoms with Gasteiger partial charge in [0.25, 0.3) is 0 Å². The van der Waals surface area contributed by atoms with E-state index >= 15 is 0 Å². The smallest absolute Gasteiger partial charge is 0.307 e. The van der Waals surface area contributed by atoms with Gasteiger partial charge in [-0.25, -0.2) is 0 Å². The van der Waals surface area contributed by atoms with E-state index < -0.39 is 5.97 Å². The van der Waals surface area contributed by atoms with Gasteiger partial charge in [0.15, 0.2) is 0 Å². The van der Waals surface area contributed by atoms with Crippen LogP contribution in [-0.4, -0.2) is 35.6 Å². The summed E-state index contributed by atoms with van der Waals surface area (Å²) in [5, 5.41) is 9.11. The van der Waals surface area contributed by atoms with Gasteiger partial charge in [-0.05, 0) is 37.8 Å². The monoisotopic (exact) mass is 261 g/mol. The molecule has 1 aliphatic rings. The van der Waals surface area contributed by atoms with Crippen molar-refractivity contribution in [1.29, 1.82) is 0 Å². The summed E-state index contributed by atoms with van der Waals surface area (Å²) in [6, 6.07) is 8.64. The molecule has 2 rings (SSSR count). The number of aliphatic carboxylic acids is 1. The van der Waals surface area contributed by atoms with Gasteiger partial charge in [-0.3, -0.25) is 4.79 Å². The number of carboxylic acid groups (broad SMARTS) is 1. The van der Waals surface area contributed by atoms with Crippen LogP contribution in [-0.2, 0) is 4.79 Å². The molecule has 19 heavy (non-hydrogen) atoms. The fourth-order valence-corrected chi connectivity index (χ4v) is 2.81. The SMILES string of the molecule is Cc1ccc(C(C)CN2CCC[C@@H](C(=O)O)C2)cc1. The van der Waals surface area contributed by atoms with Crippen LogP contribution in [0.3, 0.4) is 0 Å². The van der Waals surface area contributed by atoms with Crippen LogP contribution in [0.4, 0.5) is 0 Å². The molecule has 3 nitrogen and oxygen atoms in total. The predicted molar refractivity (Wildman–Crippen MR) is 76.4 cm³/mol. The van der Waals surface area contributed by atoms with Gasteiger partial charge >= 0.3 is 5.97 Å². The summed E-state index contributed by atoms with van der Waals surface area (Å²) >= 11 is 0. The summed E-state index contributed by atoms with van der Waals surface area (Å²) in [6.07, 6.45) is 1.82. The van der Waals surface area contributed by atoms with Crippen molar-refractivity contribution in [3.8, 4) is 0 Å². The van der Waals surface area contributed by atoms with Crippen molar-refractivity contribution < 1.29 is 9.90 Å². The summed E-state index contributed by atoms with van der Waals surface area (Å²) in [5.74, 6) is -0.375. The number of benzene rings is 1. The van der Waals surface area contributed by atoms with Gasteiger partial charge in [0, 0.05) is 13.1 Å². The predicted octanol–water partition coefficient (Wildman–Crippen LogP) is 2.90. The molecular weight excluding hydrogens is 238 g/mol. The molecule has 0 amide bonds. The zero-order valence-electron chi connectivity index (χ0n) is 11.8. The van der Waals surface area contributed by atoms with Crippen molar-refractivity contribution in [1.82, 2.24) is 4.90 Å². The fraction of sp³-hybridized carbons (Fsp3) is 0.562. The molecule has 1 aromatic carbocycles. The van der Waals surface area contributed by atoms with Gasteiger partial charge in [0.1, 0.15) is 0 Å². The Balaban J connectivity index is 1.93. The van der Waals surface area contributed by atoms with E-state index in [1.165, 1.54) is 11.1 Å². The molecule has 0 saturated carbocycles. The first-order valence-corrected chi connectivity index (χ1v) is 7.08. The molecule has 3 heteroatoms. The highest BCUT2D eigenvalue weighted by atomic mass is 16.4. The van der Waals surface area contributed by atoms with Crippen LogP contribution in [0.25, 0.3) is 0 Å². The maximum Gasteiger partial charge on any atom is 0.307 e. The molecule has 0 aliphatic carbocycles. The molecule has 1 fully saturated rings. The lowest BCUT2D eigenvalue weighted by Crippen LogP contribution is -2.40. The fourth-order valence-electron chi connectivity index (χ4n) is 2.81. The number of aryl methyl sites for hydroxylation is 1. The zero-order valence-corrected chi connectivity index (χ0v) is 11.8. The lowest BCUT2D eigenvalue weighted by atomic mass is 9.95. The molecule has 1 saturated heterocycles. The third-order valence-electron chi connectivity index (χ3n) is 4.03. The minimum Gasteiger partial charge on any atom is -0.481 e. The highest BCUT2D eigenvalue weighted by Crippen LogP contribution is 2.22. The standard InChI is InChI=1S/C16H23NO2/c1-12-5-7-14(8-6-12)13(2)10-17-9-3-4-15(11-17)16(18)19/h5-8,13,15H,3-4,9-11H2,1-2H3,(H,18,19)/t13?,15-/m1/s1. The third kappa shape index (κ3) is 3.80. The second-order valence-corrected chi connectivity index (χ2v) is 5.75. The Kier molecular flexibility index (Phi) is 4.59. The number of hydrogen-bond donors (Lipinski definition) is 1. The van der Waals surface area contributed by atoms with Crippen LogP contribution in [0.1, 0.15) is 36.8 Å². The molecule has 0 spiro atoms. The minimum absolute atomic E-state index is 0.182. The molecule has 1 N–H and O–H groups in total. The number of carboxylic acids is 1. The molecular formula is C16H23NO2. The number of hydrogen-bond acceptors (Lipinski definition) is 2. The Morgan fingerprint density at radius 3 is 2.74 bits per heavy atom. The van der Waals surface area contributed by atoms with Crippen molar-refractivity contribution in [2.45, 2.75) is 32.6 Å². The summed E-state index contributed by atoms with van der Waals surface area (Å²) < 4.78 is 0. The van der Waals surface area contributed by atoms with Gasteiger partial charge in [-0.2, -0.15) is 0 Å². The Bertz CT molecular complexity index is 427. The highest BCUT2D eigenvalue weighted by molar-refractivity contribution is 5.70. The largest absolute Gasteiger partial charge is 0.481 e. The van der Waals surface area contributed by atoms with Crippen LogP contribution in [0, 0.1) is 12.8 Å². The van der Waals surface area contributed by atoms with E-state index in [9.17, 15) is 4.79 Å². The van der Waals surface area contributed by atoms with E-state index in [-0.39, 0.29) is 5.92 Å². The van der Waals surface area contributed by atoms with Crippen molar-refractivity contribution in [3.05, 3.63) is 35.4 Å². The first kappa shape index (κ1) is 14.1. The van der Waals surface area contributed by atoms with Gasteiger partial charge < -0.3 is 10.0 Å². The average molecular weight is 261 g/mol. The summed E-state index contributed by atoms with van der Waals surface area (Å²) in [4.78, 5) is 13.4. The van der Waals surface area contributed by atoms with Gasteiger partial charge in [-0.15, -0.1) is 0 Å². The van der Waals surface area contributed by atoms with E-state index in [0.29, 0.717) is 12.5 Å². The Hall–Kier alpha value is -1.35. The Labute approximate surface area is 115 Å². The number of piperidine rings is 1. The van der Waals surface area contributed by atoms with E-state index in [2.05, 4.69) is 43.0 Å². The highest BCUT2D eigenvalue weighted by Gasteiger charge is 2.26. The van der Waals surface area contributed by atoms with Crippen molar-refractivity contribution in [3.63, 3.8) is 0 Å². The summed E-state index contributed by atoms with van der Waals surface area (Å²) in [5.41, 5.74) is 2.61. The van der Waals surface area contributed by atoms with Crippen LogP contribution >= 0.6 is 0 Å². The second-order valence-electron chi connectivity index (χ2n) is 5.75. The number of likely N-dealkylation sites (tertiary alicyclic amines) is 1. The Morgan fingerprint density at radius 1 is 1.42 bits per heavy atom. The third-order valence-corrected chi connectivity index (χ3v) is 4.03. The van der Waals surface area contributed by atoms with E-state index in [4.69, 9.17) is 5.11 Å². The number of carbonyl (C=O) groups is 1. The topological polar surface area (TPSA) is 40.5 Å². The molecule has 2 atom stereocenters. The van der Waals surface area contributed by atoms with Crippen molar-refractivity contribution in [2.24, 2.45) is 5.92 Å². The first-order chi connectivity index (χ1) is 9.06. The van der Waals surface area contributed by atoms with Crippen LogP contribution in [0.2, 0.25) is 0 Å². The van der Waals surface area contributed by atoms with Crippen LogP contribution in [0.5, 0.6) is 0 Å². The normalized spacial score (nSPS) is 22.1. The molecule has 1 heterocycles. The lowest BCUT2D eigenvalue weighted by Gasteiger charge is -2.32. The molecule has 1 aliphatic heterocycles. The number of nitrogens with zero attached hydrogens (tertiary/aromatic N) is 1. The molecule has 0 aromatic heterocycles. The first-order valence-electron chi connectivity index (χ1n) is 7.08. The van der Waals surface area contributed by atoms with Crippen LogP contribution < -0.4 is 0 Å². The van der Waals surface area contributed by atoms with E-state index in [0.717, 1.165) is 25.9 Å². The van der Waals surface area contributed by atoms with Gasteiger partial charge in [0.2, 0.25) is 0 Å². The second kappa shape index (κ2) is 6.20. The van der Waals surface area contributed by atoms with Crippen molar-refractivity contribution >= 4 is 5.97 Å². The van der Waals surface area contributed by atoms with Gasteiger partial charge in [0.05, 0.1) is 5.92 Å². The molecule has 0 bridgehead atoms. The van der Waals surface area contributed by atoms with Gasteiger partial charge in [-0.1, -0.05) is 36.8 Å². The molecule has 0 radical (unpaired) electrons. The van der Waals surface area contributed by atoms with Crippen molar-refractivity contribution in [2.75, 3.05) is 19.6 Å². The van der Waals surface area contributed by atoms with E-state index in [1.54, 1.807) is 0 Å². The maximum atomic E-state index is 11.1. The number of rotatable bonds is 4. The lowest BCUT2D eigenvalue weighted by molar-refractivity contribution is -0.143. The molecule has 104 valence electrons. The Morgan fingerprint density at radius 2 is 2.11 bits per heavy atom. The quantitative estimate of drug-likeness (QED) is 0.906. The minimum atomic E-state index is -0.646.